The van der Waals surface area contributed by atoms with Gasteiger partial charge in [0.1, 0.15) is 0 Å². The van der Waals surface area contributed by atoms with Crippen molar-refractivity contribution < 1.29 is 9.53 Å². The molecule has 36 heavy (non-hydrogen) atoms. The van der Waals surface area contributed by atoms with Gasteiger partial charge < -0.3 is 9.64 Å². The van der Waals surface area contributed by atoms with Gasteiger partial charge in [0.15, 0.2) is 0 Å². The normalized spacial score (nSPS) is 26.9. The van der Waals surface area contributed by atoms with E-state index in [0.717, 1.165) is 30.7 Å². The molecule has 1 aliphatic heterocycles. The molecule has 4 heteroatoms. The number of hydrogen-bond acceptors (Lipinski definition) is 2. The third-order valence-electron chi connectivity index (χ3n) is 9.86. The average Bonchev–Trinajstić information content (AvgIpc) is 2.93. The zero-order valence-electron chi connectivity index (χ0n) is 22.2. The Labute approximate surface area is 220 Å². The average molecular weight is 504 g/mol. The number of ether oxygens (including phenoxy) is 1. The number of nitrogens with zero attached hydrogens (tertiary/aromatic N) is 1. The Morgan fingerprint density at radius 1 is 0.944 bits per heavy atom. The highest BCUT2D eigenvalue weighted by Gasteiger charge is 2.71. The molecule has 2 bridgehead atoms. The molecular formula is C32H38ClNO2. The molecule has 0 spiro atoms. The van der Waals surface area contributed by atoms with E-state index in [9.17, 15) is 4.79 Å². The molecule has 3 nitrogen and oxygen atoms in total. The van der Waals surface area contributed by atoms with Gasteiger partial charge in [0.2, 0.25) is 0 Å². The van der Waals surface area contributed by atoms with Crippen LogP contribution in [0.15, 0.2) is 42.0 Å². The van der Waals surface area contributed by atoms with Crippen LogP contribution in [0.4, 0.5) is 4.79 Å². The van der Waals surface area contributed by atoms with Crippen molar-refractivity contribution in [3.05, 3.63) is 74.8 Å². The van der Waals surface area contributed by atoms with Gasteiger partial charge >= 0.3 is 6.09 Å². The number of piperidine rings is 1. The summed E-state index contributed by atoms with van der Waals surface area (Å²) in [4.78, 5) is 14.1. The van der Waals surface area contributed by atoms with Crippen molar-refractivity contribution in [1.29, 1.82) is 0 Å². The van der Waals surface area contributed by atoms with Crippen molar-refractivity contribution in [3.63, 3.8) is 0 Å². The summed E-state index contributed by atoms with van der Waals surface area (Å²) in [6.45, 7) is 11.0. The van der Waals surface area contributed by atoms with Crippen LogP contribution >= 0.6 is 11.6 Å². The molecule has 7 rings (SSSR count). The Kier molecular flexibility index (Phi) is 5.61. The molecule has 3 saturated carbocycles. The van der Waals surface area contributed by atoms with Crippen LogP contribution in [0.2, 0.25) is 5.02 Å². The van der Waals surface area contributed by atoms with Gasteiger partial charge in [-0.2, -0.15) is 0 Å². The smallest absolute Gasteiger partial charge is 0.409 e. The second-order valence-corrected chi connectivity index (χ2v) is 13.1. The van der Waals surface area contributed by atoms with Gasteiger partial charge in [0.25, 0.3) is 0 Å². The lowest BCUT2D eigenvalue weighted by Gasteiger charge is -2.76. The molecule has 0 atom stereocenters. The summed E-state index contributed by atoms with van der Waals surface area (Å²) in [7, 11) is 0. The molecule has 1 amide bonds. The third kappa shape index (κ3) is 3.64. The molecule has 2 aromatic rings. The van der Waals surface area contributed by atoms with Gasteiger partial charge in [-0.1, -0.05) is 62.2 Å². The van der Waals surface area contributed by atoms with Crippen LogP contribution in [-0.4, -0.2) is 30.7 Å². The van der Waals surface area contributed by atoms with E-state index in [0.29, 0.717) is 35.9 Å². The lowest BCUT2D eigenvalue weighted by molar-refractivity contribution is -0.208. The molecule has 0 aromatic heterocycles. The van der Waals surface area contributed by atoms with Gasteiger partial charge in [-0.15, -0.1) is 0 Å². The Morgan fingerprint density at radius 2 is 1.56 bits per heavy atom. The predicted octanol–water partition coefficient (Wildman–Crippen LogP) is 7.96. The first kappa shape index (κ1) is 24.1. The van der Waals surface area contributed by atoms with E-state index < -0.39 is 0 Å². The lowest BCUT2D eigenvalue weighted by atomic mass is 9.28. The van der Waals surface area contributed by atoms with Crippen LogP contribution in [0.3, 0.4) is 0 Å². The summed E-state index contributed by atoms with van der Waals surface area (Å²) in [5.74, 6) is 0. The molecule has 5 aliphatic rings. The Balaban J connectivity index is 1.36. The standard InChI is InChI=1S/C32H38ClNO2/c1-5-36-29(35)34-14-12-21(13-15-34)28-26-10-8-24(31-18-32(19-31,20-31)30(2,3)4)16-22(26)6-7-23-17-25(33)9-11-27(23)28/h8-11,16-17H,5-7,12-15,18-20H2,1-4H3. The zero-order chi connectivity index (χ0) is 25.3. The van der Waals surface area contributed by atoms with Crippen LogP contribution in [0.5, 0.6) is 0 Å². The number of carbonyl (C=O) groups is 1. The SMILES string of the molecule is CCOC(=O)N1CCC(=C2c3ccc(Cl)cc3CCc3cc(C45CC(C(C)(C)C)(C4)C5)ccc32)CC1. The number of benzene rings is 2. The topological polar surface area (TPSA) is 29.5 Å². The minimum atomic E-state index is -0.189. The summed E-state index contributed by atoms with van der Waals surface area (Å²) < 4.78 is 5.26. The van der Waals surface area contributed by atoms with Crippen LogP contribution in [-0.2, 0) is 23.0 Å². The fourth-order valence-electron chi connectivity index (χ4n) is 7.50. The molecule has 2 aromatic carbocycles. The largest absolute Gasteiger partial charge is 0.450 e. The van der Waals surface area contributed by atoms with Gasteiger partial charge in [0, 0.05) is 18.1 Å². The number of aryl methyl sites for hydroxylation is 2. The summed E-state index contributed by atoms with van der Waals surface area (Å²) in [6, 6.07) is 13.8. The first-order valence-electron chi connectivity index (χ1n) is 13.7. The minimum Gasteiger partial charge on any atom is -0.450 e. The number of halogens is 1. The Bertz CT molecular complexity index is 1240. The van der Waals surface area contributed by atoms with E-state index in [1.54, 1.807) is 5.56 Å². The first-order chi connectivity index (χ1) is 17.1. The number of rotatable bonds is 2. The highest BCUT2D eigenvalue weighted by atomic mass is 35.5. The van der Waals surface area contributed by atoms with Crippen LogP contribution in [0, 0.1) is 10.8 Å². The van der Waals surface area contributed by atoms with Gasteiger partial charge in [0.05, 0.1) is 6.61 Å². The Hall–Kier alpha value is -2.26. The maximum atomic E-state index is 12.3. The highest BCUT2D eigenvalue weighted by Crippen LogP contribution is 2.79. The summed E-state index contributed by atoms with van der Waals surface area (Å²) in [5.41, 5.74) is 11.3. The number of fused-ring (bicyclic) bond motifs is 2. The molecular weight excluding hydrogens is 466 g/mol. The maximum absolute atomic E-state index is 12.3. The maximum Gasteiger partial charge on any atom is 0.409 e. The van der Waals surface area contributed by atoms with E-state index >= 15 is 0 Å². The number of likely N-dealkylation sites (tertiary alicyclic amines) is 1. The summed E-state index contributed by atoms with van der Waals surface area (Å²) in [6.07, 6.45) is 7.66. The molecule has 4 aliphatic carbocycles. The fraction of sp³-hybridized carbons (Fsp3) is 0.531. The van der Waals surface area contributed by atoms with E-state index in [1.807, 2.05) is 17.9 Å². The summed E-state index contributed by atoms with van der Waals surface area (Å²) in [5, 5.41) is 0.809. The predicted molar refractivity (Wildman–Crippen MR) is 147 cm³/mol. The quantitative estimate of drug-likeness (QED) is 0.416. The Morgan fingerprint density at radius 3 is 2.17 bits per heavy atom. The zero-order valence-corrected chi connectivity index (χ0v) is 22.9. The van der Waals surface area contributed by atoms with Crippen molar-refractivity contribution in [2.75, 3.05) is 19.7 Å². The van der Waals surface area contributed by atoms with Crippen LogP contribution in [0.25, 0.3) is 5.57 Å². The second kappa shape index (κ2) is 8.38. The van der Waals surface area contributed by atoms with Gasteiger partial charge in [-0.05, 0) is 114 Å². The fourth-order valence-corrected chi connectivity index (χ4v) is 7.69. The van der Waals surface area contributed by atoms with Crippen molar-refractivity contribution in [3.8, 4) is 0 Å². The molecule has 0 radical (unpaired) electrons. The molecule has 1 heterocycles. The van der Waals surface area contributed by atoms with Crippen molar-refractivity contribution >= 4 is 23.3 Å². The van der Waals surface area contributed by atoms with Crippen molar-refractivity contribution in [2.24, 2.45) is 10.8 Å². The minimum absolute atomic E-state index is 0.189. The number of amides is 1. The lowest BCUT2D eigenvalue weighted by Crippen LogP contribution is -2.69. The van der Waals surface area contributed by atoms with Crippen LogP contribution in [0.1, 0.15) is 87.6 Å². The summed E-state index contributed by atoms with van der Waals surface area (Å²) >= 11 is 6.45. The third-order valence-corrected chi connectivity index (χ3v) is 10.1. The van der Waals surface area contributed by atoms with Gasteiger partial charge in [-0.3, -0.25) is 0 Å². The molecule has 0 N–H and O–H groups in total. The van der Waals surface area contributed by atoms with E-state index in [1.165, 1.54) is 52.7 Å². The van der Waals surface area contributed by atoms with E-state index in [4.69, 9.17) is 16.3 Å². The monoisotopic (exact) mass is 503 g/mol. The highest BCUT2D eigenvalue weighted by molar-refractivity contribution is 6.30. The van der Waals surface area contributed by atoms with Crippen molar-refractivity contribution in [2.45, 2.75) is 78.1 Å². The number of hydrogen-bond donors (Lipinski definition) is 0. The number of carbonyl (C=O) groups excluding carboxylic acids is 1. The molecule has 0 unspecified atom stereocenters. The van der Waals surface area contributed by atoms with E-state index in [-0.39, 0.29) is 6.09 Å². The van der Waals surface area contributed by atoms with Gasteiger partial charge in [-0.25, -0.2) is 4.79 Å². The second-order valence-electron chi connectivity index (χ2n) is 12.7. The molecule has 1 saturated heterocycles. The van der Waals surface area contributed by atoms with Crippen molar-refractivity contribution in [1.82, 2.24) is 4.90 Å². The van der Waals surface area contributed by atoms with Crippen LogP contribution < -0.4 is 0 Å². The first-order valence-corrected chi connectivity index (χ1v) is 14.1. The molecule has 190 valence electrons. The molecule has 4 fully saturated rings. The van der Waals surface area contributed by atoms with E-state index in [2.05, 4.69) is 51.1 Å².